The smallest absolute Gasteiger partial charge is 0.366 e. The Labute approximate surface area is 183 Å². The summed E-state index contributed by atoms with van der Waals surface area (Å²) in [5.41, 5.74) is 0.0141. The lowest BCUT2D eigenvalue weighted by molar-refractivity contribution is -0.163. The highest BCUT2D eigenvalue weighted by Crippen LogP contribution is 2.39. The van der Waals surface area contributed by atoms with E-state index < -0.39 is 23.5 Å². The Morgan fingerprint density at radius 2 is 1.66 bits per heavy atom. The van der Waals surface area contributed by atoms with Crippen molar-refractivity contribution in [3.63, 3.8) is 0 Å². The van der Waals surface area contributed by atoms with Gasteiger partial charge >= 0.3 is 11.9 Å². The molecule has 0 atom stereocenters. The highest BCUT2D eigenvalue weighted by molar-refractivity contribution is 6.08. The zero-order valence-electron chi connectivity index (χ0n) is 17.5. The molecule has 6 nitrogen and oxygen atoms in total. The molecule has 0 bridgehead atoms. The average molecular weight is 440 g/mol. The maximum Gasteiger partial charge on any atom is 0.366 e. The Kier molecular flexibility index (Phi) is 6.14. The highest BCUT2D eigenvalue weighted by Gasteiger charge is 2.47. The number of halogens is 2. The van der Waals surface area contributed by atoms with Crippen LogP contribution < -0.4 is 0 Å². The second-order valence-corrected chi connectivity index (χ2v) is 7.30. The van der Waals surface area contributed by atoms with Gasteiger partial charge in [-0.3, -0.25) is 4.79 Å². The normalized spacial score (nSPS) is 14.4. The SMILES string of the molecule is CCOC(=O)c1nc(C(F)(F)C(=O)N2CCOCC2)c2ccccc2c1-c1ccccc1. The molecule has 2 heterocycles. The van der Waals surface area contributed by atoms with Crippen LogP contribution in [0.3, 0.4) is 0 Å². The summed E-state index contributed by atoms with van der Waals surface area (Å²) in [6, 6.07) is 15.3. The Bertz CT molecular complexity index is 1150. The third kappa shape index (κ3) is 3.93. The van der Waals surface area contributed by atoms with E-state index in [9.17, 15) is 9.59 Å². The monoisotopic (exact) mass is 440 g/mol. The number of ether oxygens (including phenoxy) is 2. The van der Waals surface area contributed by atoms with Crippen LogP contribution in [-0.4, -0.2) is 54.7 Å². The van der Waals surface area contributed by atoms with Crippen LogP contribution >= 0.6 is 0 Å². The van der Waals surface area contributed by atoms with Crippen LogP contribution in [0.4, 0.5) is 8.78 Å². The van der Waals surface area contributed by atoms with Crippen LogP contribution in [0.1, 0.15) is 23.1 Å². The van der Waals surface area contributed by atoms with Gasteiger partial charge in [0.1, 0.15) is 5.69 Å². The van der Waals surface area contributed by atoms with Crippen LogP contribution in [0.2, 0.25) is 0 Å². The van der Waals surface area contributed by atoms with E-state index >= 15 is 8.78 Å². The number of amides is 1. The van der Waals surface area contributed by atoms with Gasteiger partial charge in [-0.25, -0.2) is 9.78 Å². The van der Waals surface area contributed by atoms with Crippen molar-refractivity contribution in [2.45, 2.75) is 12.8 Å². The van der Waals surface area contributed by atoms with Crippen LogP contribution in [0.5, 0.6) is 0 Å². The summed E-state index contributed by atoms with van der Waals surface area (Å²) in [7, 11) is 0. The molecular formula is C24H22F2N2O4. The van der Waals surface area contributed by atoms with Crippen molar-refractivity contribution in [1.82, 2.24) is 9.88 Å². The van der Waals surface area contributed by atoms with Crippen molar-refractivity contribution < 1.29 is 27.8 Å². The number of morpholine rings is 1. The molecule has 0 radical (unpaired) electrons. The first-order valence-corrected chi connectivity index (χ1v) is 10.4. The Morgan fingerprint density at radius 1 is 1.03 bits per heavy atom. The zero-order valence-corrected chi connectivity index (χ0v) is 17.5. The largest absolute Gasteiger partial charge is 0.461 e. The molecule has 0 N–H and O–H groups in total. The number of carbonyl (C=O) groups is 2. The number of hydrogen-bond acceptors (Lipinski definition) is 5. The lowest BCUT2D eigenvalue weighted by Crippen LogP contribution is -2.47. The van der Waals surface area contributed by atoms with Gasteiger partial charge < -0.3 is 14.4 Å². The number of nitrogens with zero attached hydrogens (tertiary/aromatic N) is 2. The van der Waals surface area contributed by atoms with E-state index in [0.29, 0.717) is 16.5 Å². The molecule has 1 aromatic heterocycles. The predicted octanol–water partition coefficient (Wildman–Crippen LogP) is 4.03. The topological polar surface area (TPSA) is 68.7 Å². The summed E-state index contributed by atoms with van der Waals surface area (Å²) >= 11 is 0. The van der Waals surface area contributed by atoms with Crippen molar-refractivity contribution in [1.29, 1.82) is 0 Å². The number of esters is 1. The number of fused-ring (bicyclic) bond motifs is 1. The molecule has 1 fully saturated rings. The molecular weight excluding hydrogens is 418 g/mol. The standard InChI is InChI=1S/C24H22F2N2O4/c1-2-32-22(29)20-19(16-8-4-3-5-9-16)17-10-6-7-11-18(17)21(27-20)24(25,26)23(30)28-12-14-31-15-13-28/h3-11H,2,12-15H2,1H3. The summed E-state index contributed by atoms with van der Waals surface area (Å²) in [5, 5.41) is 0.493. The van der Waals surface area contributed by atoms with E-state index in [1.165, 1.54) is 6.07 Å². The Hall–Kier alpha value is -3.39. The zero-order chi connectivity index (χ0) is 22.7. The molecule has 3 aromatic rings. The van der Waals surface area contributed by atoms with Crippen molar-refractivity contribution in [2.75, 3.05) is 32.9 Å². The van der Waals surface area contributed by atoms with Crippen LogP contribution in [0.25, 0.3) is 21.9 Å². The van der Waals surface area contributed by atoms with Crippen LogP contribution in [0.15, 0.2) is 54.6 Å². The quantitative estimate of drug-likeness (QED) is 0.561. The second kappa shape index (κ2) is 9.00. The molecule has 0 aliphatic carbocycles. The van der Waals surface area contributed by atoms with Gasteiger partial charge in [0.05, 0.1) is 19.8 Å². The fourth-order valence-electron chi connectivity index (χ4n) is 3.81. The molecule has 2 aromatic carbocycles. The van der Waals surface area contributed by atoms with E-state index in [0.717, 1.165) is 4.90 Å². The third-order valence-electron chi connectivity index (χ3n) is 5.31. The number of pyridine rings is 1. The minimum absolute atomic E-state index is 0.0556. The van der Waals surface area contributed by atoms with Gasteiger partial charge in [0, 0.05) is 24.0 Å². The number of carbonyl (C=O) groups excluding carboxylic acids is 2. The minimum atomic E-state index is -3.94. The lowest BCUT2D eigenvalue weighted by atomic mass is 9.94. The molecule has 32 heavy (non-hydrogen) atoms. The second-order valence-electron chi connectivity index (χ2n) is 7.30. The Morgan fingerprint density at radius 3 is 2.31 bits per heavy atom. The lowest BCUT2D eigenvalue weighted by Gasteiger charge is -2.30. The maximum absolute atomic E-state index is 15.6. The number of aromatic nitrogens is 1. The highest BCUT2D eigenvalue weighted by atomic mass is 19.3. The number of hydrogen-bond donors (Lipinski definition) is 0. The fraction of sp³-hybridized carbons (Fsp3) is 0.292. The van der Waals surface area contributed by atoms with E-state index in [2.05, 4.69) is 4.98 Å². The van der Waals surface area contributed by atoms with Crippen LogP contribution in [-0.2, 0) is 20.2 Å². The third-order valence-corrected chi connectivity index (χ3v) is 5.31. The number of alkyl halides is 2. The first-order valence-electron chi connectivity index (χ1n) is 10.4. The van der Waals surface area contributed by atoms with Gasteiger partial charge in [0.15, 0.2) is 5.69 Å². The molecule has 4 rings (SSSR count). The summed E-state index contributed by atoms with van der Waals surface area (Å²) in [6.45, 7) is 2.20. The Balaban J connectivity index is 1.96. The van der Waals surface area contributed by atoms with Gasteiger partial charge in [-0.15, -0.1) is 0 Å². The van der Waals surface area contributed by atoms with E-state index in [-0.39, 0.29) is 44.0 Å². The van der Waals surface area contributed by atoms with Crippen molar-refractivity contribution in [3.05, 3.63) is 66.0 Å². The van der Waals surface area contributed by atoms with Gasteiger partial charge in [-0.05, 0) is 17.9 Å². The molecule has 0 saturated carbocycles. The molecule has 1 aliphatic rings. The van der Waals surface area contributed by atoms with Gasteiger partial charge in [-0.1, -0.05) is 54.6 Å². The van der Waals surface area contributed by atoms with E-state index in [1.54, 1.807) is 49.4 Å². The van der Waals surface area contributed by atoms with E-state index in [4.69, 9.17) is 9.47 Å². The molecule has 0 spiro atoms. The van der Waals surface area contributed by atoms with E-state index in [1.807, 2.05) is 6.07 Å². The van der Waals surface area contributed by atoms with Crippen LogP contribution in [0, 0.1) is 0 Å². The summed E-state index contributed by atoms with van der Waals surface area (Å²) < 4.78 is 41.5. The van der Waals surface area contributed by atoms with Crippen molar-refractivity contribution >= 4 is 22.6 Å². The average Bonchev–Trinajstić information content (AvgIpc) is 2.83. The van der Waals surface area contributed by atoms with Gasteiger partial charge in [-0.2, -0.15) is 8.78 Å². The fourth-order valence-corrected chi connectivity index (χ4v) is 3.81. The summed E-state index contributed by atoms with van der Waals surface area (Å²) in [4.78, 5) is 30.7. The van der Waals surface area contributed by atoms with Crippen molar-refractivity contribution in [2.24, 2.45) is 0 Å². The molecule has 1 amide bonds. The first kappa shape index (κ1) is 21.8. The molecule has 1 saturated heterocycles. The number of benzene rings is 2. The summed E-state index contributed by atoms with van der Waals surface area (Å²) in [6.07, 6.45) is 0. The van der Waals surface area contributed by atoms with Crippen molar-refractivity contribution in [3.8, 4) is 11.1 Å². The van der Waals surface area contributed by atoms with Gasteiger partial charge in [0.25, 0.3) is 5.91 Å². The molecule has 166 valence electrons. The molecule has 8 heteroatoms. The minimum Gasteiger partial charge on any atom is -0.461 e. The molecule has 0 unspecified atom stereocenters. The maximum atomic E-state index is 15.6. The summed E-state index contributed by atoms with van der Waals surface area (Å²) in [5.74, 6) is -6.12. The molecule has 1 aliphatic heterocycles. The number of rotatable bonds is 5. The van der Waals surface area contributed by atoms with Gasteiger partial charge in [0.2, 0.25) is 0 Å². The first-order chi connectivity index (χ1) is 15.4. The predicted molar refractivity (Wildman–Crippen MR) is 114 cm³/mol.